The zero-order valence-corrected chi connectivity index (χ0v) is 14.8. The minimum atomic E-state index is 0.0750. The van der Waals surface area contributed by atoms with E-state index in [-0.39, 0.29) is 18.2 Å². The lowest BCUT2D eigenvalue weighted by Gasteiger charge is -2.33. The number of rotatable bonds is 3. The Morgan fingerprint density at radius 1 is 1.16 bits per heavy atom. The van der Waals surface area contributed by atoms with E-state index in [4.69, 9.17) is 9.47 Å². The Morgan fingerprint density at radius 3 is 2.76 bits per heavy atom. The van der Waals surface area contributed by atoms with Crippen LogP contribution in [0.15, 0.2) is 30.3 Å². The fourth-order valence-electron chi connectivity index (χ4n) is 4.48. The van der Waals surface area contributed by atoms with Crippen LogP contribution in [0.4, 0.5) is 4.79 Å². The van der Waals surface area contributed by atoms with Crippen LogP contribution in [-0.2, 0) is 4.74 Å². The summed E-state index contributed by atoms with van der Waals surface area (Å²) in [5.41, 5.74) is 0.297. The SMILES string of the molecule is O=C(N[C@H]1CCC[C@H]1Oc1ccccc1)N1CCC2(CCOCC2)C1. The summed E-state index contributed by atoms with van der Waals surface area (Å²) in [6.45, 7) is 3.41. The molecule has 4 rings (SSSR count). The van der Waals surface area contributed by atoms with Gasteiger partial charge in [0.15, 0.2) is 0 Å². The van der Waals surface area contributed by atoms with Crippen molar-refractivity contribution in [1.29, 1.82) is 0 Å². The zero-order valence-electron chi connectivity index (χ0n) is 14.8. The van der Waals surface area contributed by atoms with Crippen molar-refractivity contribution in [1.82, 2.24) is 10.2 Å². The Balaban J connectivity index is 1.32. The van der Waals surface area contributed by atoms with Gasteiger partial charge in [0.2, 0.25) is 0 Å². The molecule has 0 unspecified atom stereocenters. The van der Waals surface area contributed by atoms with Crippen LogP contribution < -0.4 is 10.1 Å². The first-order valence-electron chi connectivity index (χ1n) is 9.59. The molecule has 2 amide bonds. The number of carbonyl (C=O) groups is 1. The number of likely N-dealkylation sites (tertiary alicyclic amines) is 1. The molecule has 0 aromatic heterocycles. The van der Waals surface area contributed by atoms with Crippen LogP contribution in [0.2, 0.25) is 0 Å². The number of hydrogen-bond acceptors (Lipinski definition) is 3. The highest BCUT2D eigenvalue weighted by atomic mass is 16.5. The third kappa shape index (κ3) is 3.76. The van der Waals surface area contributed by atoms with E-state index >= 15 is 0 Å². The minimum absolute atomic E-state index is 0.0750. The summed E-state index contributed by atoms with van der Waals surface area (Å²) in [7, 11) is 0. The van der Waals surface area contributed by atoms with Gasteiger partial charge in [0.1, 0.15) is 11.9 Å². The molecular formula is C20H28N2O3. The number of urea groups is 1. The van der Waals surface area contributed by atoms with Crippen molar-refractivity contribution in [2.75, 3.05) is 26.3 Å². The van der Waals surface area contributed by atoms with Crippen LogP contribution in [0.3, 0.4) is 0 Å². The van der Waals surface area contributed by atoms with Crippen molar-refractivity contribution in [3.8, 4) is 5.75 Å². The lowest BCUT2D eigenvalue weighted by molar-refractivity contribution is 0.0207. The summed E-state index contributed by atoms with van der Waals surface area (Å²) in [6, 6.07) is 10.1. The van der Waals surface area contributed by atoms with Crippen LogP contribution in [0, 0.1) is 5.41 Å². The second-order valence-electron chi connectivity index (χ2n) is 7.74. The average molecular weight is 344 g/mol. The Morgan fingerprint density at radius 2 is 1.96 bits per heavy atom. The lowest BCUT2D eigenvalue weighted by Crippen LogP contribution is -2.48. The molecule has 136 valence electrons. The molecule has 1 aliphatic carbocycles. The quantitative estimate of drug-likeness (QED) is 0.916. The van der Waals surface area contributed by atoms with Crippen molar-refractivity contribution in [3.63, 3.8) is 0 Å². The van der Waals surface area contributed by atoms with Gasteiger partial charge in [-0.3, -0.25) is 0 Å². The van der Waals surface area contributed by atoms with Crippen LogP contribution in [-0.4, -0.2) is 49.4 Å². The standard InChI is InChI=1S/C20H28N2O3/c23-19(22-12-9-20(15-22)10-13-24-14-11-20)21-17-7-4-8-18(17)25-16-5-2-1-3-6-16/h1-3,5-6,17-18H,4,7-15H2,(H,21,23)/t17-,18+/m0/s1. The molecule has 1 N–H and O–H groups in total. The number of carbonyl (C=O) groups excluding carboxylic acids is 1. The number of benzene rings is 1. The van der Waals surface area contributed by atoms with Gasteiger partial charge in [-0.2, -0.15) is 0 Å². The van der Waals surface area contributed by atoms with Crippen molar-refractivity contribution < 1.29 is 14.3 Å². The van der Waals surface area contributed by atoms with Crippen LogP contribution in [0.5, 0.6) is 5.75 Å². The van der Waals surface area contributed by atoms with E-state index < -0.39 is 0 Å². The van der Waals surface area contributed by atoms with E-state index in [2.05, 4.69) is 5.32 Å². The predicted molar refractivity (Wildman–Crippen MR) is 95.7 cm³/mol. The molecule has 3 aliphatic rings. The van der Waals surface area contributed by atoms with E-state index in [1.807, 2.05) is 35.2 Å². The molecule has 0 radical (unpaired) electrons. The summed E-state index contributed by atoms with van der Waals surface area (Å²) < 4.78 is 11.6. The Labute approximate surface area is 149 Å². The van der Waals surface area contributed by atoms with E-state index in [9.17, 15) is 4.79 Å². The maximum Gasteiger partial charge on any atom is 0.317 e. The van der Waals surface area contributed by atoms with Gasteiger partial charge in [0, 0.05) is 26.3 Å². The largest absolute Gasteiger partial charge is 0.488 e. The number of ether oxygens (including phenoxy) is 2. The van der Waals surface area contributed by atoms with Crippen molar-refractivity contribution in [2.24, 2.45) is 5.41 Å². The molecule has 1 saturated carbocycles. The number of para-hydroxylation sites is 1. The maximum atomic E-state index is 12.8. The predicted octanol–water partition coefficient (Wildman–Crippen LogP) is 3.20. The highest BCUT2D eigenvalue weighted by molar-refractivity contribution is 5.75. The summed E-state index contributed by atoms with van der Waals surface area (Å²) in [5.74, 6) is 0.885. The molecule has 2 atom stereocenters. The van der Waals surface area contributed by atoms with Gasteiger partial charge in [-0.1, -0.05) is 18.2 Å². The highest BCUT2D eigenvalue weighted by Gasteiger charge is 2.42. The number of nitrogens with zero attached hydrogens (tertiary/aromatic N) is 1. The molecule has 5 heteroatoms. The van der Waals surface area contributed by atoms with Gasteiger partial charge in [-0.05, 0) is 56.1 Å². The van der Waals surface area contributed by atoms with Crippen molar-refractivity contribution >= 4 is 6.03 Å². The third-order valence-electron chi connectivity index (χ3n) is 6.07. The van der Waals surface area contributed by atoms with Crippen LogP contribution >= 0.6 is 0 Å². The van der Waals surface area contributed by atoms with Gasteiger partial charge >= 0.3 is 6.03 Å². The van der Waals surface area contributed by atoms with E-state index in [0.717, 1.165) is 70.6 Å². The first-order chi connectivity index (χ1) is 12.2. The topological polar surface area (TPSA) is 50.8 Å². The highest BCUT2D eigenvalue weighted by Crippen LogP contribution is 2.39. The molecule has 3 fully saturated rings. The summed E-state index contributed by atoms with van der Waals surface area (Å²) >= 11 is 0. The second kappa shape index (κ2) is 7.24. The third-order valence-corrected chi connectivity index (χ3v) is 6.07. The Bertz CT molecular complexity index is 586. The Kier molecular flexibility index (Phi) is 4.84. The molecule has 25 heavy (non-hydrogen) atoms. The normalized spacial score (nSPS) is 28.2. The second-order valence-corrected chi connectivity index (χ2v) is 7.74. The smallest absolute Gasteiger partial charge is 0.317 e. The van der Waals surface area contributed by atoms with Crippen LogP contribution in [0.1, 0.15) is 38.5 Å². The first-order valence-corrected chi connectivity index (χ1v) is 9.59. The molecule has 2 heterocycles. The van der Waals surface area contributed by atoms with E-state index in [0.29, 0.717) is 5.41 Å². The van der Waals surface area contributed by atoms with E-state index in [1.165, 1.54) is 0 Å². The van der Waals surface area contributed by atoms with Gasteiger partial charge in [-0.25, -0.2) is 4.79 Å². The lowest BCUT2D eigenvalue weighted by atomic mass is 9.80. The summed E-state index contributed by atoms with van der Waals surface area (Å²) in [5, 5.41) is 3.24. The number of hydrogen-bond donors (Lipinski definition) is 1. The Hall–Kier alpha value is -1.75. The summed E-state index contributed by atoms with van der Waals surface area (Å²) in [6.07, 6.45) is 6.45. The monoisotopic (exact) mass is 344 g/mol. The molecule has 1 spiro atoms. The molecule has 2 aliphatic heterocycles. The minimum Gasteiger partial charge on any atom is -0.488 e. The van der Waals surface area contributed by atoms with E-state index in [1.54, 1.807) is 0 Å². The molecule has 5 nitrogen and oxygen atoms in total. The van der Waals surface area contributed by atoms with Gasteiger partial charge in [0.05, 0.1) is 6.04 Å². The van der Waals surface area contributed by atoms with Crippen molar-refractivity contribution in [2.45, 2.75) is 50.7 Å². The number of nitrogens with one attached hydrogen (secondary N) is 1. The molecular weight excluding hydrogens is 316 g/mol. The average Bonchev–Trinajstić information content (AvgIpc) is 3.24. The summed E-state index contributed by atoms with van der Waals surface area (Å²) in [4.78, 5) is 14.8. The maximum absolute atomic E-state index is 12.8. The zero-order chi connectivity index (χ0) is 17.1. The van der Waals surface area contributed by atoms with Gasteiger partial charge in [-0.15, -0.1) is 0 Å². The van der Waals surface area contributed by atoms with Gasteiger partial charge < -0.3 is 19.7 Å². The molecule has 1 aromatic carbocycles. The molecule has 1 aromatic rings. The first kappa shape index (κ1) is 16.7. The number of amides is 2. The molecule has 2 saturated heterocycles. The van der Waals surface area contributed by atoms with Crippen molar-refractivity contribution in [3.05, 3.63) is 30.3 Å². The fraction of sp³-hybridized carbons (Fsp3) is 0.650. The van der Waals surface area contributed by atoms with Gasteiger partial charge in [0.25, 0.3) is 0 Å². The molecule has 0 bridgehead atoms. The fourth-order valence-corrected chi connectivity index (χ4v) is 4.48. The van der Waals surface area contributed by atoms with Crippen LogP contribution in [0.25, 0.3) is 0 Å².